The number of aliphatic hydroxyl groups is 1. The number of carbonyl (C=O) groups is 2. The Balaban J connectivity index is 1.70. The van der Waals surface area contributed by atoms with Crippen molar-refractivity contribution >= 4 is 11.6 Å². The molecule has 0 heterocycles. The van der Waals surface area contributed by atoms with Gasteiger partial charge >= 0.3 is 0 Å². The van der Waals surface area contributed by atoms with Crippen LogP contribution in [-0.2, 0) is 9.59 Å². The van der Waals surface area contributed by atoms with Crippen LogP contribution in [0.15, 0.2) is 11.6 Å². The highest BCUT2D eigenvalue weighted by atomic mass is 16.3. The van der Waals surface area contributed by atoms with Gasteiger partial charge in [-0.25, -0.2) is 0 Å². The third-order valence-electron chi connectivity index (χ3n) is 7.69. The van der Waals surface area contributed by atoms with Crippen molar-refractivity contribution < 1.29 is 14.7 Å². The molecule has 5 atom stereocenters. The molecule has 1 unspecified atom stereocenters. The molecule has 0 saturated heterocycles. The Hall–Kier alpha value is -0.960. The van der Waals surface area contributed by atoms with Crippen LogP contribution in [0.4, 0.5) is 0 Å². The van der Waals surface area contributed by atoms with E-state index in [9.17, 15) is 14.7 Å². The van der Waals surface area contributed by atoms with E-state index in [2.05, 4.69) is 6.92 Å². The molecule has 3 heteroatoms. The fraction of sp³-hybridized carbons (Fsp3) is 0.789. The molecule has 120 valence electrons. The summed E-state index contributed by atoms with van der Waals surface area (Å²) in [7, 11) is 0. The van der Waals surface area contributed by atoms with Crippen LogP contribution in [0.2, 0.25) is 0 Å². The Labute approximate surface area is 132 Å². The number of hydrogen-bond donors (Lipinski definition) is 1. The lowest BCUT2D eigenvalue weighted by Gasteiger charge is -2.57. The molecule has 1 N–H and O–H groups in total. The summed E-state index contributed by atoms with van der Waals surface area (Å²) >= 11 is 0. The first-order valence-corrected chi connectivity index (χ1v) is 8.89. The molecule has 0 amide bonds. The highest BCUT2D eigenvalue weighted by Gasteiger charge is 2.60. The first kappa shape index (κ1) is 14.6. The predicted octanol–water partition coefficient (Wildman–Crippen LogP) is 3.06. The SMILES string of the molecule is C[C@]12CCC(=O)C=C1CCC1[C@@H]3CCC(=O)[C@@]3(CO)CC[C@@H]12. The van der Waals surface area contributed by atoms with E-state index in [4.69, 9.17) is 0 Å². The van der Waals surface area contributed by atoms with Crippen LogP contribution < -0.4 is 0 Å². The Morgan fingerprint density at radius 2 is 1.91 bits per heavy atom. The maximum atomic E-state index is 12.4. The number of carbonyl (C=O) groups excluding carboxylic acids is 2. The van der Waals surface area contributed by atoms with Crippen LogP contribution in [0.3, 0.4) is 0 Å². The summed E-state index contributed by atoms with van der Waals surface area (Å²) < 4.78 is 0. The lowest BCUT2D eigenvalue weighted by atomic mass is 9.47. The lowest BCUT2D eigenvalue weighted by molar-refractivity contribution is -0.138. The average Bonchev–Trinajstić information content (AvgIpc) is 2.86. The summed E-state index contributed by atoms with van der Waals surface area (Å²) in [5.41, 5.74) is 1.10. The topological polar surface area (TPSA) is 54.4 Å². The van der Waals surface area contributed by atoms with E-state index in [1.54, 1.807) is 0 Å². The Kier molecular flexibility index (Phi) is 3.17. The van der Waals surface area contributed by atoms with E-state index in [-0.39, 0.29) is 12.0 Å². The lowest BCUT2D eigenvalue weighted by Crippen LogP contribution is -2.52. The number of ketones is 2. The van der Waals surface area contributed by atoms with Crippen molar-refractivity contribution in [2.75, 3.05) is 6.61 Å². The summed E-state index contributed by atoms with van der Waals surface area (Å²) in [6.45, 7) is 2.39. The standard InChI is InChI=1S/C19H26O3/c1-18-8-6-13(21)10-12(18)2-3-14-15(18)7-9-19(11-20)16(14)4-5-17(19)22/h10,14-16,20H,2-9,11H2,1H3/t14?,15-,16-,18-,19+/m0/s1. The van der Waals surface area contributed by atoms with Gasteiger partial charge in [-0.3, -0.25) is 9.59 Å². The maximum absolute atomic E-state index is 12.4. The van der Waals surface area contributed by atoms with Crippen molar-refractivity contribution in [2.24, 2.45) is 28.6 Å². The maximum Gasteiger partial charge on any atom is 0.155 e. The molecule has 0 radical (unpaired) electrons. The predicted molar refractivity (Wildman–Crippen MR) is 83.1 cm³/mol. The zero-order valence-corrected chi connectivity index (χ0v) is 13.4. The molecule has 0 aromatic heterocycles. The van der Waals surface area contributed by atoms with E-state index in [1.807, 2.05) is 6.08 Å². The molecule has 4 rings (SSSR count). The second kappa shape index (κ2) is 4.77. The van der Waals surface area contributed by atoms with Crippen molar-refractivity contribution in [3.05, 3.63) is 11.6 Å². The van der Waals surface area contributed by atoms with E-state index >= 15 is 0 Å². The van der Waals surface area contributed by atoms with Gasteiger partial charge in [0.1, 0.15) is 5.78 Å². The largest absolute Gasteiger partial charge is 0.395 e. The van der Waals surface area contributed by atoms with Gasteiger partial charge in [0.15, 0.2) is 5.78 Å². The highest BCUT2D eigenvalue weighted by Crippen LogP contribution is 2.64. The number of rotatable bonds is 1. The highest BCUT2D eigenvalue weighted by molar-refractivity contribution is 5.91. The summed E-state index contributed by atoms with van der Waals surface area (Å²) in [6.07, 6.45) is 9.20. The number of allylic oxidation sites excluding steroid dienone is 1. The molecule has 4 aliphatic rings. The van der Waals surface area contributed by atoms with Crippen LogP contribution >= 0.6 is 0 Å². The van der Waals surface area contributed by atoms with Gasteiger partial charge < -0.3 is 5.11 Å². The molecule has 22 heavy (non-hydrogen) atoms. The van der Waals surface area contributed by atoms with Crippen LogP contribution in [0, 0.1) is 28.6 Å². The zero-order valence-electron chi connectivity index (χ0n) is 13.4. The van der Waals surface area contributed by atoms with Gasteiger partial charge in [-0.15, -0.1) is 0 Å². The molecular weight excluding hydrogens is 276 g/mol. The van der Waals surface area contributed by atoms with Crippen molar-refractivity contribution in [3.63, 3.8) is 0 Å². The fourth-order valence-corrected chi connectivity index (χ4v) is 6.43. The minimum absolute atomic E-state index is 0.0393. The van der Waals surface area contributed by atoms with Crippen LogP contribution in [0.5, 0.6) is 0 Å². The molecule has 3 nitrogen and oxygen atoms in total. The van der Waals surface area contributed by atoms with Crippen LogP contribution in [0.25, 0.3) is 0 Å². The van der Waals surface area contributed by atoms with Crippen molar-refractivity contribution in [1.29, 1.82) is 0 Å². The van der Waals surface area contributed by atoms with Gasteiger partial charge in [-0.1, -0.05) is 12.5 Å². The van der Waals surface area contributed by atoms with Crippen molar-refractivity contribution in [2.45, 2.75) is 58.3 Å². The fourth-order valence-electron chi connectivity index (χ4n) is 6.43. The Morgan fingerprint density at radius 1 is 1.09 bits per heavy atom. The third kappa shape index (κ3) is 1.72. The van der Waals surface area contributed by atoms with Gasteiger partial charge in [0.2, 0.25) is 0 Å². The molecular formula is C19H26O3. The quantitative estimate of drug-likeness (QED) is 0.810. The minimum Gasteiger partial charge on any atom is -0.395 e. The van der Waals surface area contributed by atoms with E-state index in [0.717, 1.165) is 38.5 Å². The van der Waals surface area contributed by atoms with Gasteiger partial charge in [-0.2, -0.15) is 0 Å². The third-order valence-corrected chi connectivity index (χ3v) is 7.69. The number of aliphatic hydroxyl groups excluding tert-OH is 1. The van der Waals surface area contributed by atoms with Crippen molar-refractivity contribution in [3.8, 4) is 0 Å². The number of Topliss-reactive ketones (excluding diaryl/α,β-unsaturated/α-hetero) is 1. The molecule has 0 aromatic rings. The molecule has 0 spiro atoms. The number of hydrogen-bond acceptors (Lipinski definition) is 3. The average molecular weight is 302 g/mol. The minimum atomic E-state index is -0.427. The normalized spacial score (nSPS) is 47.5. The summed E-state index contributed by atoms with van der Waals surface area (Å²) in [5.74, 6) is 2.13. The monoisotopic (exact) mass is 302 g/mol. The molecule has 0 aliphatic heterocycles. The molecule has 3 saturated carbocycles. The van der Waals surface area contributed by atoms with Crippen molar-refractivity contribution in [1.82, 2.24) is 0 Å². The summed E-state index contributed by atoms with van der Waals surface area (Å²) in [5, 5.41) is 9.97. The molecule has 3 fully saturated rings. The van der Waals surface area contributed by atoms with Crippen LogP contribution in [-0.4, -0.2) is 23.3 Å². The summed E-state index contributed by atoms with van der Waals surface area (Å²) in [4.78, 5) is 24.2. The van der Waals surface area contributed by atoms with Gasteiger partial charge in [-0.05, 0) is 67.8 Å². The van der Waals surface area contributed by atoms with E-state index in [1.165, 1.54) is 5.57 Å². The molecule has 0 aromatic carbocycles. The Morgan fingerprint density at radius 3 is 2.68 bits per heavy atom. The first-order valence-electron chi connectivity index (χ1n) is 8.89. The van der Waals surface area contributed by atoms with Gasteiger partial charge in [0.25, 0.3) is 0 Å². The summed E-state index contributed by atoms with van der Waals surface area (Å²) in [6, 6.07) is 0. The van der Waals surface area contributed by atoms with Crippen LogP contribution in [0.1, 0.15) is 58.3 Å². The first-order chi connectivity index (χ1) is 10.5. The molecule has 4 aliphatic carbocycles. The Bertz CT molecular complexity index is 563. The second-order valence-electron chi connectivity index (χ2n) is 8.28. The second-order valence-corrected chi connectivity index (χ2v) is 8.28. The van der Waals surface area contributed by atoms with Gasteiger partial charge in [0, 0.05) is 12.8 Å². The van der Waals surface area contributed by atoms with E-state index in [0.29, 0.717) is 42.2 Å². The van der Waals surface area contributed by atoms with E-state index < -0.39 is 5.41 Å². The molecule has 0 bridgehead atoms. The van der Waals surface area contributed by atoms with Gasteiger partial charge in [0.05, 0.1) is 12.0 Å². The number of fused-ring (bicyclic) bond motifs is 5. The smallest absolute Gasteiger partial charge is 0.155 e. The zero-order chi connectivity index (χ0) is 15.5.